The van der Waals surface area contributed by atoms with Gasteiger partial charge in [-0.1, -0.05) is 18.2 Å². The molecule has 0 bridgehead atoms. The minimum absolute atomic E-state index is 1.09. The number of piperazine rings is 1. The maximum Gasteiger partial charge on any atom is 0.123 e. The van der Waals surface area contributed by atoms with Crippen LogP contribution in [0.5, 0.6) is 0 Å². The van der Waals surface area contributed by atoms with Gasteiger partial charge in [-0.05, 0) is 55.3 Å². The van der Waals surface area contributed by atoms with Crippen molar-refractivity contribution in [2.45, 2.75) is 12.8 Å². The van der Waals surface area contributed by atoms with Crippen LogP contribution in [0.1, 0.15) is 12.0 Å². The van der Waals surface area contributed by atoms with Gasteiger partial charge in [-0.25, -0.2) is 0 Å². The van der Waals surface area contributed by atoms with Crippen molar-refractivity contribution < 1.29 is 0 Å². The summed E-state index contributed by atoms with van der Waals surface area (Å²) in [5.41, 5.74) is 5.02. The zero-order valence-electron chi connectivity index (χ0n) is 16.5. The molecule has 6 nitrogen and oxygen atoms in total. The second kappa shape index (κ2) is 8.09. The van der Waals surface area contributed by atoms with E-state index in [0.29, 0.717) is 0 Å². The highest BCUT2D eigenvalue weighted by atomic mass is 15.3. The van der Waals surface area contributed by atoms with Crippen LogP contribution in [0.4, 0.5) is 5.69 Å². The van der Waals surface area contributed by atoms with Crippen LogP contribution in [0.3, 0.4) is 0 Å². The lowest BCUT2D eigenvalue weighted by atomic mass is 10.1. The number of fused-ring (bicyclic) bond motifs is 1. The summed E-state index contributed by atoms with van der Waals surface area (Å²) >= 11 is 0. The van der Waals surface area contributed by atoms with Crippen molar-refractivity contribution in [2.24, 2.45) is 0 Å². The predicted molar refractivity (Wildman–Crippen MR) is 117 cm³/mol. The SMILES string of the molecule is c1ccc(N2CCN(CCCc3c[nH]c4ccc(-n5cnnc5)cc34)CC2)cc1. The molecule has 4 aromatic rings. The van der Waals surface area contributed by atoms with Crippen molar-refractivity contribution in [1.29, 1.82) is 0 Å². The molecular formula is C23H26N6. The summed E-state index contributed by atoms with van der Waals surface area (Å²) in [5, 5.41) is 9.12. The van der Waals surface area contributed by atoms with Crippen LogP contribution in [0, 0.1) is 0 Å². The Kier molecular flexibility index (Phi) is 5.01. The number of H-pyrrole nitrogens is 1. The lowest BCUT2D eigenvalue weighted by molar-refractivity contribution is 0.255. The normalized spacial score (nSPS) is 15.2. The van der Waals surface area contributed by atoms with Crippen molar-refractivity contribution in [3.8, 4) is 5.69 Å². The third kappa shape index (κ3) is 3.89. The predicted octanol–water partition coefficient (Wildman–Crippen LogP) is 3.50. The van der Waals surface area contributed by atoms with Crippen molar-refractivity contribution in [2.75, 3.05) is 37.6 Å². The number of aromatic amines is 1. The Labute approximate surface area is 170 Å². The van der Waals surface area contributed by atoms with Crippen LogP contribution in [0.15, 0.2) is 67.4 Å². The molecule has 2 aromatic carbocycles. The largest absolute Gasteiger partial charge is 0.369 e. The molecule has 0 saturated carbocycles. The zero-order valence-corrected chi connectivity index (χ0v) is 16.5. The number of benzene rings is 2. The smallest absolute Gasteiger partial charge is 0.123 e. The van der Waals surface area contributed by atoms with Crippen molar-refractivity contribution in [1.82, 2.24) is 24.6 Å². The lowest BCUT2D eigenvalue weighted by Gasteiger charge is -2.36. The highest BCUT2D eigenvalue weighted by Gasteiger charge is 2.16. The molecule has 0 spiro atoms. The molecule has 0 radical (unpaired) electrons. The molecule has 6 heteroatoms. The second-order valence-corrected chi connectivity index (χ2v) is 7.68. The summed E-state index contributed by atoms with van der Waals surface area (Å²) in [4.78, 5) is 8.50. The second-order valence-electron chi connectivity index (χ2n) is 7.68. The van der Waals surface area contributed by atoms with E-state index in [9.17, 15) is 0 Å². The van der Waals surface area contributed by atoms with Crippen LogP contribution in [0.25, 0.3) is 16.6 Å². The van der Waals surface area contributed by atoms with Gasteiger partial charge < -0.3 is 9.88 Å². The molecular weight excluding hydrogens is 360 g/mol. The minimum Gasteiger partial charge on any atom is -0.369 e. The number of para-hydroxylation sites is 1. The fraction of sp³-hybridized carbons (Fsp3) is 0.304. The Morgan fingerprint density at radius 1 is 0.862 bits per heavy atom. The Hall–Kier alpha value is -3.12. The van der Waals surface area contributed by atoms with Crippen molar-refractivity contribution in [3.63, 3.8) is 0 Å². The molecule has 1 aliphatic rings. The van der Waals surface area contributed by atoms with E-state index in [0.717, 1.165) is 44.8 Å². The van der Waals surface area contributed by atoms with Crippen molar-refractivity contribution in [3.05, 3.63) is 72.9 Å². The average molecular weight is 387 g/mol. The van der Waals surface area contributed by atoms with Gasteiger partial charge in [0.1, 0.15) is 12.7 Å². The maximum absolute atomic E-state index is 3.91. The summed E-state index contributed by atoms with van der Waals surface area (Å²) in [6, 6.07) is 17.2. The van der Waals surface area contributed by atoms with Gasteiger partial charge in [0.05, 0.1) is 0 Å². The molecule has 0 unspecified atom stereocenters. The Morgan fingerprint density at radius 3 is 2.45 bits per heavy atom. The van der Waals surface area contributed by atoms with Gasteiger partial charge in [-0.15, -0.1) is 10.2 Å². The first-order valence-electron chi connectivity index (χ1n) is 10.3. The van der Waals surface area contributed by atoms with Gasteiger partial charge in [0.25, 0.3) is 0 Å². The molecule has 1 aliphatic heterocycles. The van der Waals surface area contributed by atoms with Crippen LogP contribution in [-0.2, 0) is 6.42 Å². The summed E-state index contributed by atoms with van der Waals surface area (Å²) in [7, 11) is 0. The molecule has 0 amide bonds. The van der Waals surface area contributed by atoms with E-state index in [1.807, 2.05) is 4.57 Å². The molecule has 1 N–H and O–H groups in total. The van der Waals surface area contributed by atoms with E-state index in [4.69, 9.17) is 0 Å². The van der Waals surface area contributed by atoms with E-state index in [-0.39, 0.29) is 0 Å². The first-order chi connectivity index (χ1) is 14.4. The number of aryl methyl sites for hydroxylation is 1. The van der Waals surface area contributed by atoms with Crippen LogP contribution >= 0.6 is 0 Å². The quantitative estimate of drug-likeness (QED) is 0.551. The van der Waals surface area contributed by atoms with Crippen LogP contribution in [-0.4, -0.2) is 57.4 Å². The molecule has 29 heavy (non-hydrogen) atoms. The molecule has 0 atom stereocenters. The van der Waals surface area contributed by atoms with Gasteiger partial charge in [0, 0.05) is 54.7 Å². The molecule has 5 rings (SSSR count). The lowest BCUT2D eigenvalue weighted by Crippen LogP contribution is -2.46. The zero-order chi connectivity index (χ0) is 19.5. The fourth-order valence-electron chi connectivity index (χ4n) is 4.23. The number of hydrogen-bond acceptors (Lipinski definition) is 4. The number of aromatic nitrogens is 4. The van der Waals surface area contributed by atoms with Gasteiger partial charge in [-0.2, -0.15) is 0 Å². The molecule has 3 heterocycles. The number of nitrogens with zero attached hydrogens (tertiary/aromatic N) is 5. The maximum atomic E-state index is 3.91. The summed E-state index contributed by atoms with van der Waals surface area (Å²) < 4.78 is 1.95. The standard InChI is InChI=1S/C23H26N6/c1-2-6-20(7-3-1)28-13-11-27(12-14-28)10-4-5-19-16-24-23-9-8-21(15-22(19)23)29-17-25-26-18-29/h1-3,6-9,15-18,24H,4-5,10-14H2. The van der Waals surface area contributed by atoms with E-state index in [1.54, 1.807) is 12.7 Å². The first kappa shape index (κ1) is 17.9. The molecule has 0 aliphatic carbocycles. The average Bonchev–Trinajstić information content (AvgIpc) is 3.45. The highest BCUT2D eigenvalue weighted by molar-refractivity contribution is 5.85. The van der Waals surface area contributed by atoms with Gasteiger partial charge in [0.15, 0.2) is 0 Å². The molecule has 2 aromatic heterocycles. The molecule has 1 saturated heterocycles. The monoisotopic (exact) mass is 386 g/mol. The van der Waals surface area contributed by atoms with Crippen molar-refractivity contribution >= 4 is 16.6 Å². The molecule has 148 valence electrons. The number of rotatable bonds is 6. The van der Waals surface area contributed by atoms with Gasteiger partial charge in [-0.3, -0.25) is 9.47 Å². The first-order valence-corrected chi connectivity index (χ1v) is 10.3. The van der Waals surface area contributed by atoms with E-state index >= 15 is 0 Å². The Morgan fingerprint density at radius 2 is 1.66 bits per heavy atom. The summed E-state index contributed by atoms with van der Waals surface area (Å²) in [5.74, 6) is 0. The molecule has 1 fully saturated rings. The minimum atomic E-state index is 1.09. The van der Waals surface area contributed by atoms with E-state index in [2.05, 4.69) is 79.7 Å². The number of nitrogens with one attached hydrogen (secondary N) is 1. The van der Waals surface area contributed by atoms with Crippen LogP contribution < -0.4 is 4.90 Å². The Balaban J connectivity index is 1.17. The Bertz CT molecular complexity index is 1050. The third-order valence-corrected chi connectivity index (χ3v) is 5.88. The van der Waals surface area contributed by atoms with E-state index < -0.39 is 0 Å². The number of hydrogen-bond donors (Lipinski definition) is 1. The van der Waals surface area contributed by atoms with E-state index in [1.165, 1.54) is 28.6 Å². The summed E-state index contributed by atoms with van der Waals surface area (Å²) in [6.45, 7) is 5.65. The van der Waals surface area contributed by atoms with Gasteiger partial charge in [0.2, 0.25) is 0 Å². The fourth-order valence-corrected chi connectivity index (χ4v) is 4.23. The number of anilines is 1. The summed E-state index contributed by atoms with van der Waals surface area (Å²) in [6.07, 6.45) is 7.90. The van der Waals surface area contributed by atoms with Crippen LogP contribution in [0.2, 0.25) is 0 Å². The van der Waals surface area contributed by atoms with Gasteiger partial charge >= 0.3 is 0 Å². The highest BCUT2D eigenvalue weighted by Crippen LogP contribution is 2.23. The third-order valence-electron chi connectivity index (χ3n) is 5.88. The topological polar surface area (TPSA) is 53.0 Å².